The molecule has 0 fully saturated rings. The van der Waals surface area contributed by atoms with Crippen molar-refractivity contribution in [2.45, 2.75) is 19.5 Å². The van der Waals surface area contributed by atoms with Crippen molar-refractivity contribution >= 4 is 17.4 Å². The lowest BCUT2D eigenvalue weighted by atomic mass is 10.0. The average molecular weight is 304 g/mol. The lowest BCUT2D eigenvalue weighted by Crippen LogP contribution is -2.11. The molecule has 0 aliphatic carbocycles. The second-order valence-corrected chi connectivity index (χ2v) is 4.33. The lowest BCUT2D eigenvalue weighted by molar-refractivity contribution is -0.141. The number of nitrogens with zero attached hydrogens (tertiary/aromatic N) is 1. The van der Waals surface area contributed by atoms with Gasteiger partial charge in [-0.15, -0.1) is 0 Å². The van der Waals surface area contributed by atoms with Gasteiger partial charge < -0.3 is 4.42 Å². The SMILES string of the molecule is CCc1occc1C(=O)c1ccc(C(F)(F)F)nc1Cl. The molecular weight excluding hydrogens is 295 g/mol. The van der Waals surface area contributed by atoms with Gasteiger partial charge in [0, 0.05) is 6.42 Å². The molecule has 0 saturated heterocycles. The number of carbonyl (C=O) groups excluding carboxylic acids is 1. The molecule has 2 aromatic rings. The Balaban J connectivity index is 2.42. The monoisotopic (exact) mass is 303 g/mol. The van der Waals surface area contributed by atoms with Crippen LogP contribution in [0, 0.1) is 0 Å². The number of pyridine rings is 1. The van der Waals surface area contributed by atoms with E-state index in [-0.39, 0.29) is 11.1 Å². The van der Waals surface area contributed by atoms with Crippen LogP contribution in [0.15, 0.2) is 28.9 Å². The fourth-order valence-corrected chi connectivity index (χ4v) is 1.96. The van der Waals surface area contributed by atoms with Gasteiger partial charge in [-0.2, -0.15) is 13.2 Å². The van der Waals surface area contributed by atoms with E-state index in [0.717, 1.165) is 12.1 Å². The van der Waals surface area contributed by atoms with E-state index in [0.29, 0.717) is 12.2 Å². The summed E-state index contributed by atoms with van der Waals surface area (Å²) in [5.74, 6) is -0.0622. The van der Waals surface area contributed by atoms with Gasteiger partial charge in [-0.1, -0.05) is 18.5 Å². The summed E-state index contributed by atoms with van der Waals surface area (Å²) < 4.78 is 42.5. The van der Waals surface area contributed by atoms with E-state index in [1.165, 1.54) is 12.3 Å². The Kier molecular flexibility index (Phi) is 3.85. The van der Waals surface area contributed by atoms with E-state index in [1.54, 1.807) is 6.92 Å². The van der Waals surface area contributed by atoms with Crippen LogP contribution >= 0.6 is 11.6 Å². The Morgan fingerprint density at radius 3 is 2.55 bits per heavy atom. The van der Waals surface area contributed by atoms with Crippen molar-refractivity contribution in [3.05, 3.63) is 52.2 Å². The van der Waals surface area contributed by atoms with Crippen LogP contribution in [0.5, 0.6) is 0 Å². The summed E-state index contributed by atoms with van der Waals surface area (Å²) >= 11 is 5.68. The summed E-state index contributed by atoms with van der Waals surface area (Å²) in [5.41, 5.74) is -0.950. The minimum atomic E-state index is -4.60. The number of halogens is 4. The van der Waals surface area contributed by atoms with E-state index >= 15 is 0 Å². The largest absolute Gasteiger partial charge is 0.469 e. The maximum Gasteiger partial charge on any atom is 0.433 e. The molecule has 0 unspecified atom stereocenters. The van der Waals surface area contributed by atoms with Gasteiger partial charge in [-0.25, -0.2) is 4.98 Å². The topological polar surface area (TPSA) is 43.1 Å². The summed E-state index contributed by atoms with van der Waals surface area (Å²) in [4.78, 5) is 15.4. The van der Waals surface area contributed by atoms with Crippen LogP contribution in [-0.4, -0.2) is 10.8 Å². The average Bonchev–Trinajstić information content (AvgIpc) is 2.85. The maximum atomic E-state index is 12.5. The standard InChI is InChI=1S/C13H9ClF3NO2/c1-2-9-7(5-6-20-9)11(19)8-3-4-10(13(15,16)17)18-12(8)14/h3-6H,2H2,1H3. The van der Waals surface area contributed by atoms with Gasteiger partial charge in [-0.3, -0.25) is 4.79 Å². The second kappa shape index (κ2) is 5.28. The first-order valence-corrected chi connectivity index (χ1v) is 6.07. The summed E-state index contributed by atoms with van der Waals surface area (Å²) in [5, 5.41) is -0.479. The zero-order chi connectivity index (χ0) is 14.9. The van der Waals surface area contributed by atoms with Gasteiger partial charge in [-0.05, 0) is 18.2 Å². The first kappa shape index (κ1) is 14.6. The Morgan fingerprint density at radius 2 is 2.00 bits per heavy atom. The Bertz CT molecular complexity index is 649. The van der Waals surface area contributed by atoms with Gasteiger partial charge in [0.25, 0.3) is 0 Å². The van der Waals surface area contributed by atoms with Crippen molar-refractivity contribution < 1.29 is 22.4 Å². The minimum absolute atomic E-state index is 0.0873. The van der Waals surface area contributed by atoms with E-state index < -0.39 is 22.8 Å². The van der Waals surface area contributed by atoms with Crippen LogP contribution in [0.3, 0.4) is 0 Å². The van der Waals surface area contributed by atoms with Gasteiger partial charge in [0.2, 0.25) is 0 Å². The molecule has 0 saturated carbocycles. The van der Waals surface area contributed by atoms with Crippen molar-refractivity contribution in [3.8, 4) is 0 Å². The predicted octanol–water partition coefficient (Wildman–Crippen LogP) is 4.14. The predicted molar refractivity (Wildman–Crippen MR) is 65.8 cm³/mol. The van der Waals surface area contributed by atoms with Gasteiger partial charge in [0.1, 0.15) is 16.6 Å². The molecule has 2 heterocycles. The summed E-state index contributed by atoms with van der Waals surface area (Å²) in [7, 11) is 0. The molecular formula is C13H9ClF3NO2. The Labute approximate surface area is 117 Å². The molecule has 0 aliphatic heterocycles. The van der Waals surface area contributed by atoms with Gasteiger partial charge in [0.05, 0.1) is 17.4 Å². The van der Waals surface area contributed by atoms with Crippen LogP contribution in [0.25, 0.3) is 0 Å². The van der Waals surface area contributed by atoms with Crippen molar-refractivity contribution in [2.24, 2.45) is 0 Å². The Hall–Kier alpha value is -1.82. The number of aromatic nitrogens is 1. The van der Waals surface area contributed by atoms with E-state index in [2.05, 4.69) is 4.98 Å². The maximum absolute atomic E-state index is 12.5. The quantitative estimate of drug-likeness (QED) is 0.632. The van der Waals surface area contributed by atoms with Crippen LogP contribution in [0.4, 0.5) is 13.2 Å². The van der Waals surface area contributed by atoms with Crippen molar-refractivity contribution in [1.29, 1.82) is 0 Å². The van der Waals surface area contributed by atoms with Gasteiger partial charge >= 0.3 is 6.18 Å². The molecule has 0 radical (unpaired) electrons. The lowest BCUT2D eigenvalue weighted by Gasteiger charge is -2.08. The second-order valence-electron chi connectivity index (χ2n) is 3.97. The highest BCUT2D eigenvalue weighted by molar-refractivity contribution is 6.33. The third kappa shape index (κ3) is 2.70. The number of hydrogen-bond acceptors (Lipinski definition) is 3. The number of aryl methyl sites for hydroxylation is 1. The number of hydrogen-bond donors (Lipinski definition) is 0. The number of furan rings is 1. The molecule has 0 atom stereocenters. The fourth-order valence-electron chi connectivity index (χ4n) is 1.72. The minimum Gasteiger partial charge on any atom is -0.469 e. The third-order valence-corrected chi connectivity index (χ3v) is 2.98. The van der Waals surface area contributed by atoms with Crippen LogP contribution < -0.4 is 0 Å². The summed E-state index contributed by atoms with van der Waals surface area (Å²) in [6, 6.07) is 3.20. The highest BCUT2D eigenvalue weighted by Crippen LogP contribution is 2.30. The molecule has 0 spiro atoms. The highest BCUT2D eigenvalue weighted by Gasteiger charge is 2.33. The molecule has 0 aromatic carbocycles. The molecule has 0 bridgehead atoms. The first-order valence-electron chi connectivity index (χ1n) is 5.69. The first-order chi connectivity index (χ1) is 9.34. The van der Waals surface area contributed by atoms with E-state index in [9.17, 15) is 18.0 Å². The van der Waals surface area contributed by atoms with E-state index in [4.69, 9.17) is 16.0 Å². The number of rotatable bonds is 3. The van der Waals surface area contributed by atoms with Crippen LogP contribution in [0.2, 0.25) is 5.15 Å². The molecule has 2 aromatic heterocycles. The molecule has 3 nitrogen and oxygen atoms in total. The number of alkyl halides is 3. The molecule has 0 N–H and O–H groups in total. The molecule has 2 rings (SSSR count). The van der Waals surface area contributed by atoms with E-state index in [1.807, 2.05) is 0 Å². The smallest absolute Gasteiger partial charge is 0.433 e. The molecule has 0 aliphatic rings. The number of carbonyl (C=O) groups is 1. The fraction of sp³-hybridized carbons (Fsp3) is 0.231. The molecule has 106 valence electrons. The summed E-state index contributed by atoms with van der Waals surface area (Å²) in [6.07, 6.45) is -2.77. The molecule has 0 amide bonds. The molecule has 7 heteroatoms. The normalized spacial score (nSPS) is 11.7. The van der Waals surface area contributed by atoms with Crippen LogP contribution in [0.1, 0.15) is 34.3 Å². The van der Waals surface area contributed by atoms with Gasteiger partial charge in [0.15, 0.2) is 5.78 Å². The van der Waals surface area contributed by atoms with Crippen molar-refractivity contribution in [1.82, 2.24) is 4.98 Å². The Morgan fingerprint density at radius 1 is 1.30 bits per heavy atom. The highest BCUT2D eigenvalue weighted by atomic mass is 35.5. The third-order valence-electron chi connectivity index (χ3n) is 2.69. The zero-order valence-corrected chi connectivity index (χ0v) is 11.0. The van der Waals surface area contributed by atoms with Crippen LogP contribution in [-0.2, 0) is 12.6 Å². The summed E-state index contributed by atoms with van der Waals surface area (Å²) in [6.45, 7) is 1.79. The van der Waals surface area contributed by atoms with Crippen molar-refractivity contribution in [2.75, 3.05) is 0 Å². The number of ketones is 1. The van der Waals surface area contributed by atoms with Crippen molar-refractivity contribution in [3.63, 3.8) is 0 Å². The molecule has 20 heavy (non-hydrogen) atoms. The zero-order valence-electron chi connectivity index (χ0n) is 10.3.